The van der Waals surface area contributed by atoms with Crippen molar-refractivity contribution in [3.05, 3.63) is 30.1 Å². The van der Waals surface area contributed by atoms with Gasteiger partial charge < -0.3 is 4.74 Å². The Bertz CT molecular complexity index is 702. The summed E-state index contributed by atoms with van der Waals surface area (Å²) in [5.74, 6) is 1.26. The van der Waals surface area contributed by atoms with Gasteiger partial charge in [-0.3, -0.25) is 5.10 Å². The van der Waals surface area contributed by atoms with Crippen molar-refractivity contribution >= 4 is 21.8 Å². The Hall–Kier alpha value is -1.58. The molecule has 1 aromatic carbocycles. The standard InChI is InChI=1S/C13H18N4O3S2/c1-3-20-12-5-4-11(8-10(12)2)22(18,19)16-6-7-21-13-14-9-15-17-13/h4-5,8-9,16H,3,6-7H2,1-2H3,(H,14,15,17). The first kappa shape index (κ1) is 16.8. The van der Waals surface area contributed by atoms with Crippen LogP contribution in [0.15, 0.2) is 34.6 Å². The second-order valence-corrected chi connectivity index (χ2v) is 7.25. The molecule has 2 aromatic rings. The third kappa shape index (κ3) is 4.46. The van der Waals surface area contributed by atoms with E-state index in [1.807, 2.05) is 13.8 Å². The average molecular weight is 342 g/mol. The molecule has 0 saturated carbocycles. The van der Waals surface area contributed by atoms with Crippen LogP contribution in [0.1, 0.15) is 12.5 Å². The molecule has 0 bridgehead atoms. The number of hydrogen-bond donors (Lipinski definition) is 2. The lowest BCUT2D eigenvalue weighted by atomic mass is 10.2. The summed E-state index contributed by atoms with van der Waals surface area (Å²) in [5.41, 5.74) is 0.792. The van der Waals surface area contributed by atoms with Crippen molar-refractivity contribution in [2.45, 2.75) is 23.9 Å². The third-order valence-electron chi connectivity index (χ3n) is 2.78. The molecule has 0 amide bonds. The van der Waals surface area contributed by atoms with Gasteiger partial charge in [0.15, 0.2) is 5.16 Å². The molecule has 0 saturated heterocycles. The molecule has 2 rings (SSSR count). The number of rotatable bonds is 8. The third-order valence-corrected chi connectivity index (χ3v) is 5.12. The molecule has 0 fully saturated rings. The second-order valence-electron chi connectivity index (χ2n) is 4.40. The van der Waals surface area contributed by atoms with Crippen LogP contribution in [0, 0.1) is 6.92 Å². The fourth-order valence-electron chi connectivity index (χ4n) is 1.78. The van der Waals surface area contributed by atoms with Gasteiger partial charge in [0.05, 0.1) is 11.5 Å². The normalized spacial score (nSPS) is 11.5. The van der Waals surface area contributed by atoms with E-state index in [2.05, 4.69) is 19.9 Å². The quantitative estimate of drug-likeness (QED) is 0.558. The maximum Gasteiger partial charge on any atom is 0.240 e. The number of thioether (sulfide) groups is 1. The number of H-pyrrole nitrogens is 1. The minimum atomic E-state index is -3.52. The molecule has 0 aliphatic rings. The zero-order valence-corrected chi connectivity index (χ0v) is 14.0. The van der Waals surface area contributed by atoms with E-state index in [0.717, 1.165) is 5.56 Å². The summed E-state index contributed by atoms with van der Waals surface area (Å²) >= 11 is 1.40. The van der Waals surface area contributed by atoms with Crippen molar-refractivity contribution in [2.75, 3.05) is 18.9 Å². The van der Waals surface area contributed by atoms with Crippen molar-refractivity contribution in [3.8, 4) is 5.75 Å². The molecule has 1 heterocycles. The molecule has 1 aromatic heterocycles. The van der Waals surface area contributed by atoms with Gasteiger partial charge in [0, 0.05) is 12.3 Å². The zero-order valence-electron chi connectivity index (χ0n) is 12.4. The van der Waals surface area contributed by atoms with Crippen molar-refractivity contribution in [2.24, 2.45) is 0 Å². The van der Waals surface area contributed by atoms with E-state index in [-0.39, 0.29) is 4.90 Å². The molecule has 0 aliphatic carbocycles. The van der Waals surface area contributed by atoms with Crippen LogP contribution in [0.3, 0.4) is 0 Å². The largest absolute Gasteiger partial charge is 0.494 e. The second kappa shape index (κ2) is 7.61. The molecule has 120 valence electrons. The first-order valence-corrected chi connectivity index (χ1v) is 9.21. The number of benzene rings is 1. The van der Waals surface area contributed by atoms with Crippen molar-refractivity contribution in [3.63, 3.8) is 0 Å². The summed E-state index contributed by atoms with van der Waals surface area (Å²) in [6.07, 6.45) is 1.41. The minimum absolute atomic E-state index is 0.234. The number of nitrogens with one attached hydrogen (secondary N) is 2. The molecule has 0 atom stereocenters. The lowest BCUT2D eigenvalue weighted by Gasteiger charge is -2.10. The van der Waals surface area contributed by atoms with Crippen LogP contribution in [-0.4, -0.2) is 42.5 Å². The van der Waals surface area contributed by atoms with Crippen LogP contribution >= 0.6 is 11.8 Å². The predicted octanol–water partition coefficient (Wildman–Crippen LogP) is 1.58. The van der Waals surface area contributed by atoms with Gasteiger partial charge in [-0.1, -0.05) is 11.8 Å². The highest BCUT2D eigenvalue weighted by molar-refractivity contribution is 7.99. The number of hydrogen-bond acceptors (Lipinski definition) is 6. The smallest absolute Gasteiger partial charge is 0.240 e. The van der Waals surface area contributed by atoms with Crippen LogP contribution < -0.4 is 9.46 Å². The van der Waals surface area contributed by atoms with Crippen LogP contribution in [0.25, 0.3) is 0 Å². The number of aryl methyl sites for hydroxylation is 1. The molecule has 0 aliphatic heterocycles. The van der Waals surface area contributed by atoms with E-state index in [4.69, 9.17) is 4.74 Å². The van der Waals surface area contributed by atoms with Gasteiger partial charge in [0.1, 0.15) is 12.1 Å². The minimum Gasteiger partial charge on any atom is -0.494 e. The van der Waals surface area contributed by atoms with Gasteiger partial charge in [-0.15, -0.1) is 0 Å². The molecule has 7 nitrogen and oxygen atoms in total. The van der Waals surface area contributed by atoms with E-state index in [0.29, 0.717) is 29.8 Å². The molecular weight excluding hydrogens is 324 g/mol. The Morgan fingerprint density at radius 2 is 2.23 bits per heavy atom. The van der Waals surface area contributed by atoms with Crippen molar-refractivity contribution in [1.29, 1.82) is 0 Å². The summed E-state index contributed by atoms with van der Waals surface area (Å²) in [4.78, 5) is 4.19. The van der Waals surface area contributed by atoms with E-state index >= 15 is 0 Å². The van der Waals surface area contributed by atoms with Crippen LogP contribution in [-0.2, 0) is 10.0 Å². The SMILES string of the molecule is CCOc1ccc(S(=O)(=O)NCCSc2ncn[nH]2)cc1C. The molecule has 0 radical (unpaired) electrons. The first-order valence-electron chi connectivity index (χ1n) is 6.74. The predicted molar refractivity (Wildman–Crippen MR) is 84.6 cm³/mol. The highest BCUT2D eigenvalue weighted by Gasteiger charge is 2.15. The molecule has 0 unspecified atom stereocenters. The van der Waals surface area contributed by atoms with Gasteiger partial charge in [-0.25, -0.2) is 18.1 Å². The topological polar surface area (TPSA) is 97.0 Å². The van der Waals surface area contributed by atoms with E-state index in [9.17, 15) is 8.42 Å². The lowest BCUT2D eigenvalue weighted by Crippen LogP contribution is -2.26. The van der Waals surface area contributed by atoms with Gasteiger partial charge in [-0.05, 0) is 37.6 Å². The Morgan fingerprint density at radius 1 is 1.41 bits per heavy atom. The fraction of sp³-hybridized carbons (Fsp3) is 0.385. The number of nitrogens with zero attached hydrogens (tertiary/aromatic N) is 2. The van der Waals surface area contributed by atoms with Crippen LogP contribution in [0.5, 0.6) is 5.75 Å². The number of sulfonamides is 1. The van der Waals surface area contributed by atoms with E-state index in [1.165, 1.54) is 18.1 Å². The summed E-state index contributed by atoms with van der Waals surface area (Å²) < 4.78 is 32.4. The van der Waals surface area contributed by atoms with Gasteiger partial charge in [0.2, 0.25) is 10.0 Å². The Morgan fingerprint density at radius 3 is 2.86 bits per heavy atom. The average Bonchev–Trinajstić information content (AvgIpc) is 2.99. The maximum atomic E-state index is 12.2. The van der Waals surface area contributed by atoms with Crippen molar-refractivity contribution < 1.29 is 13.2 Å². The Kier molecular flexibility index (Phi) is 5.81. The molecular formula is C13H18N4O3S2. The number of aromatic nitrogens is 3. The summed E-state index contributed by atoms with van der Waals surface area (Å²) in [6, 6.07) is 4.83. The Labute approximate surface area is 133 Å². The Balaban J connectivity index is 1.93. The summed E-state index contributed by atoms with van der Waals surface area (Å²) in [5, 5.41) is 7.09. The van der Waals surface area contributed by atoms with Gasteiger partial charge in [-0.2, -0.15) is 5.10 Å². The number of aromatic amines is 1. The maximum absolute atomic E-state index is 12.2. The number of ether oxygens (including phenoxy) is 1. The monoisotopic (exact) mass is 342 g/mol. The van der Waals surface area contributed by atoms with E-state index in [1.54, 1.807) is 18.2 Å². The zero-order chi connectivity index (χ0) is 16.0. The fourth-order valence-corrected chi connectivity index (χ4v) is 3.66. The summed E-state index contributed by atoms with van der Waals surface area (Å²) in [6.45, 7) is 4.56. The van der Waals surface area contributed by atoms with Gasteiger partial charge in [0.25, 0.3) is 0 Å². The lowest BCUT2D eigenvalue weighted by molar-refractivity contribution is 0.337. The van der Waals surface area contributed by atoms with Crippen LogP contribution in [0.2, 0.25) is 0 Å². The van der Waals surface area contributed by atoms with Gasteiger partial charge >= 0.3 is 0 Å². The first-order chi connectivity index (χ1) is 10.5. The molecule has 9 heteroatoms. The highest BCUT2D eigenvalue weighted by atomic mass is 32.2. The molecule has 22 heavy (non-hydrogen) atoms. The van der Waals surface area contributed by atoms with E-state index < -0.39 is 10.0 Å². The molecule has 0 spiro atoms. The summed E-state index contributed by atoms with van der Waals surface area (Å²) in [7, 11) is -3.52. The highest BCUT2D eigenvalue weighted by Crippen LogP contribution is 2.21. The van der Waals surface area contributed by atoms with Crippen LogP contribution in [0.4, 0.5) is 0 Å². The molecule has 2 N–H and O–H groups in total. The van der Waals surface area contributed by atoms with Crippen molar-refractivity contribution in [1.82, 2.24) is 19.9 Å².